The van der Waals surface area contributed by atoms with Gasteiger partial charge >= 0.3 is 6.55 Å². The minimum atomic E-state index is -2.57. The van der Waals surface area contributed by atoms with Crippen molar-refractivity contribution in [2.24, 2.45) is 0 Å². The Hall–Kier alpha value is -2.40. The fourth-order valence-electron chi connectivity index (χ4n) is 3.01. The second-order valence-electron chi connectivity index (χ2n) is 6.11. The van der Waals surface area contributed by atoms with E-state index in [0.29, 0.717) is 17.3 Å². The Morgan fingerprint density at radius 3 is 2.77 bits per heavy atom. The van der Waals surface area contributed by atoms with E-state index in [0.717, 1.165) is 41.6 Å². The zero-order chi connectivity index (χ0) is 18.3. The number of hydrogen-bond acceptors (Lipinski definition) is 7. The molecule has 1 saturated heterocycles. The highest BCUT2D eigenvalue weighted by atomic mass is 32.1. The van der Waals surface area contributed by atoms with E-state index in [4.69, 9.17) is 0 Å². The van der Waals surface area contributed by atoms with E-state index in [1.54, 1.807) is 4.52 Å². The third-order valence-corrected chi connectivity index (χ3v) is 5.36. The molecule has 1 aliphatic rings. The lowest BCUT2D eigenvalue weighted by Gasteiger charge is -2.34. The number of anilines is 1. The molecule has 0 bridgehead atoms. The number of halogens is 2. The smallest absolute Gasteiger partial charge is 0.319 e. The molecule has 138 valence electrons. The second kappa shape index (κ2) is 6.72. The van der Waals surface area contributed by atoms with Gasteiger partial charge in [0.2, 0.25) is 10.1 Å². The first-order valence-electron chi connectivity index (χ1n) is 8.16. The van der Waals surface area contributed by atoms with E-state index in [1.165, 1.54) is 29.8 Å². The maximum absolute atomic E-state index is 12.9. The van der Waals surface area contributed by atoms with Crippen molar-refractivity contribution in [1.82, 2.24) is 29.0 Å². The van der Waals surface area contributed by atoms with E-state index < -0.39 is 6.55 Å². The van der Waals surface area contributed by atoms with Crippen LogP contribution >= 0.6 is 11.3 Å². The maximum atomic E-state index is 12.9. The summed E-state index contributed by atoms with van der Waals surface area (Å²) in [6.07, 6.45) is 2.70. The summed E-state index contributed by atoms with van der Waals surface area (Å²) >= 11 is 1.38. The average molecular weight is 381 g/mol. The van der Waals surface area contributed by atoms with Crippen LogP contribution in [0.5, 0.6) is 0 Å². The predicted octanol–water partition coefficient (Wildman–Crippen LogP) is 1.37. The summed E-state index contributed by atoms with van der Waals surface area (Å²) in [5, 5.41) is 5.35. The lowest BCUT2D eigenvalue weighted by molar-refractivity contribution is 0.0637. The molecule has 0 aliphatic carbocycles. The van der Waals surface area contributed by atoms with Gasteiger partial charge in [-0.05, 0) is 6.92 Å². The van der Waals surface area contributed by atoms with Crippen molar-refractivity contribution in [3.05, 3.63) is 40.3 Å². The van der Waals surface area contributed by atoms with Crippen LogP contribution in [0.3, 0.4) is 0 Å². The molecule has 3 aromatic heterocycles. The molecule has 1 fully saturated rings. The van der Waals surface area contributed by atoms with Crippen LogP contribution in [0.2, 0.25) is 0 Å². The lowest BCUT2D eigenvalue weighted by atomic mass is 10.3. The minimum Gasteiger partial charge on any atom is -0.344 e. The number of aryl methyl sites for hydroxylation is 1. The maximum Gasteiger partial charge on any atom is 0.319 e. The van der Waals surface area contributed by atoms with Crippen molar-refractivity contribution in [2.45, 2.75) is 20.0 Å². The first kappa shape index (κ1) is 17.0. The molecule has 0 radical (unpaired) electrons. The van der Waals surface area contributed by atoms with Gasteiger partial charge in [-0.15, -0.1) is 5.10 Å². The lowest BCUT2D eigenvalue weighted by Crippen LogP contribution is -2.46. The van der Waals surface area contributed by atoms with Crippen LogP contribution in [0, 0.1) is 6.92 Å². The molecule has 0 amide bonds. The summed E-state index contributed by atoms with van der Waals surface area (Å²) in [5.41, 5.74) is 0.483. The number of fused-ring (bicyclic) bond motifs is 1. The number of rotatable bonds is 4. The van der Waals surface area contributed by atoms with Gasteiger partial charge in [-0.2, -0.15) is 13.8 Å². The predicted molar refractivity (Wildman–Crippen MR) is 92.8 cm³/mol. The molecule has 1 aliphatic heterocycles. The number of nitrogens with zero attached hydrogens (tertiary/aromatic N) is 7. The summed E-state index contributed by atoms with van der Waals surface area (Å²) in [5.74, 6) is 0.367. The standard InChI is InChI=1S/C15H17F2N7OS/c1-10-8-12(25)19-14-24(10)20-15(26-14)22-6-4-21(5-7-22)9-11-18-2-3-23(11)13(16)17/h2-3,8,13H,4-7,9H2,1H3. The third kappa shape index (κ3) is 3.19. The molecule has 4 rings (SSSR count). The molecule has 0 aromatic carbocycles. The molecule has 4 heterocycles. The van der Waals surface area contributed by atoms with Crippen LogP contribution in [0.15, 0.2) is 23.3 Å². The first-order chi connectivity index (χ1) is 12.5. The average Bonchev–Trinajstić information content (AvgIpc) is 3.22. The Balaban J connectivity index is 1.44. The van der Waals surface area contributed by atoms with E-state index in [1.807, 2.05) is 6.92 Å². The van der Waals surface area contributed by atoms with Gasteiger partial charge < -0.3 is 4.90 Å². The Bertz CT molecular complexity index is 974. The first-order valence-corrected chi connectivity index (χ1v) is 8.97. The van der Waals surface area contributed by atoms with Crippen LogP contribution in [0.25, 0.3) is 4.96 Å². The Morgan fingerprint density at radius 1 is 1.27 bits per heavy atom. The van der Waals surface area contributed by atoms with Gasteiger partial charge in [-0.25, -0.2) is 9.50 Å². The summed E-state index contributed by atoms with van der Waals surface area (Å²) in [7, 11) is 0. The Morgan fingerprint density at radius 2 is 2.04 bits per heavy atom. The van der Waals surface area contributed by atoms with Crippen molar-refractivity contribution < 1.29 is 8.78 Å². The molecule has 0 unspecified atom stereocenters. The summed E-state index contributed by atoms with van der Waals surface area (Å²) in [6, 6.07) is 1.46. The number of imidazole rings is 1. The molecular formula is C15H17F2N7OS. The molecule has 26 heavy (non-hydrogen) atoms. The number of hydrogen-bond donors (Lipinski definition) is 0. The molecule has 3 aromatic rings. The van der Waals surface area contributed by atoms with Gasteiger partial charge in [0, 0.05) is 50.3 Å². The summed E-state index contributed by atoms with van der Waals surface area (Å²) < 4.78 is 28.4. The fraction of sp³-hybridized carbons (Fsp3) is 0.467. The van der Waals surface area contributed by atoms with Crippen LogP contribution in [-0.2, 0) is 6.54 Å². The van der Waals surface area contributed by atoms with Crippen molar-refractivity contribution in [2.75, 3.05) is 31.1 Å². The highest BCUT2D eigenvalue weighted by Crippen LogP contribution is 2.24. The van der Waals surface area contributed by atoms with E-state index >= 15 is 0 Å². The van der Waals surface area contributed by atoms with E-state index in [9.17, 15) is 13.6 Å². The molecule has 0 N–H and O–H groups in total. The largest absolute Gasteiger partial charge is 0.344 e. The van der Waals surface area contributed by atoms with Crippen molar-refractivity contribution in [3.63, 3.8) is 0 Å². The van der Waals surface area contributed by atoms with E-state index in [2.05, 4.69) is 24.9 Å². The highest BCUT2D eigenvalue weighted by Gasteiger charge is 2.22. The van der Waals surface area contributed by atoms with Gasteiger partial charge in [0.25, 0.3) is 5.56 Å². The third-order valence-electron chi connectivity index (χ3n) is 4.39. The highest BCUT2D eigenvalue weighted by molar-refractivity contribution is 7.20. The number of aromatic nitrogens is 5. The van der Waals surface area contributed by atoms with Gasteiger partial charge in [-0.1, -0.05) is 11.3 Å². The van der Waals surface area contributed by atoms with Gasteiger partial charge in [-0.3, -0.25) is 14.3 Å². The van der Waals surface area contributed by atoms with Gasteiger partial charge in [0.1, 0.15) is 5.82 Å². The second-order valence-corrected chi connectivity index (χ2v) is 7.04. The monoisotopic (exact) mass is 381 g/mol. The molecule has 8 nitrogen and oxygen atoms in total. The number of piperazine rings is 1. The molecule has 11 heteroatoms. The molecule has 0 saturated carbocycles. The van der Waals surface area contributed by atoms with Gasteiger partial charge in [0.05, 0.1) is 6.54 Å². The summed E-state index contributed by atoms with van der Waals surface area (Å²) in [6.45, 7) is 2.52. The quantitative estimate of drug-likeness (QED) is 0.680. The molecular weight excluding hydrogens is 364 g/mol. The molecule has 0 spiro atoms. The van der Waals surface area contributed by atoms with Gasteiger partial charge in [0.15, 0.2) is 0 Å². The summed E-state index contributed by atoms with van der Waals surface area (Å²) in [4.78, 5) is 24.3. The van der Waals surface area contributed by atoms with Crippen molar-refractivity contribution in [3.8, 4) is 0 Å². The SMILES string of the molecule is Cc1cc(=O)nc2sc(N3CCN(Cc4nccn4C(F)F)CC3)nn12. The minimum absolute atomic E-state index is 0.267. The Kier molecular flexibility index (Phi) is 4.41. The van der Waals surface area contributed by atoms with Crippen LogP contribution in [-0.4, -0.2) is 55.2 Å². The van der Waals surface area contributed by atoms with E-state index in [-0.39, 0.29) is 5.56 Å². The normalized spacial score (nSPS) is 16.1. The number of alkyl halides is 2. The fourth-order valence-corrected chi connectivity index (χ4v) is 4.01. The molecule has 0 atom stereocenters. The van der Waals surface area contributed by atoms with Crippen LogP contribution in [0.1, 0.15) is 18.1 Å². The zero-order valence-electron chi connectivity index (χ0n) is 14.0. The van der Waals surface area contributed by atoms with Crippen LogP contribution in [0.4, 0.5) is 13.9 Å². The zero-order valence-corrected chi connectivity index (χ0v) is 14.9. The van der Waals surface area contributed by atoms with Crippen molar-refractivity contribution in [1.29, 1.82) is 0 Å². The Labute approximate surface area is 151 Å². The topological polar surface area (TPSA) is 71.6 Å². The van der Waals surface area contributed by atoms with Crippen molar-refractivity contribution >= 4 is 21.4 Å². The van der Waals surface area contributed by atoms with Crippen LogP contribution < -0.4 is 10.5 Å².